The molecule has 0 unspecified atom stereocenters. The van der Waals surface area contributed by atoms with Gasteiger partial charge in [-0.25, -0.2) is 0 Å². The smallest absolute Gasteiger partial charge is 0.109 e. The number of nitrogens with two attached hydrogens (primary N) is 1. The van der Waals surface area contributed by atoms with Crippen molar-refractivity contribution < 1.29 is 14.9 Å². The molecule has 2 heterocycles. The number of hydrogen-bond donors (Lipinski definition) is 3. The van der Waals surface area contributed by atoms with E-state index < -0.39 is 12.2 Å². The number of aliphatic hydroxyl groups is 2. The molecule has 4 N–H and O–H groups in total. The standard InChI is InChI=1S/C11H23N3O3/c1-13-2-4-14(5-3-13)10-8(6-12)17-9(7-15)11(10)16/h8-11,15-16H,2-7,12H2,1H3/t8-,9+,10+,11-/m1/s1. The van der Waals surface area contributed by atoms with Gasteiger partial charge in [-0.3, -0.25) is 4.90 Å². The lowest BCUT2D eigenvalue weighted by Crippen LogP contribution is -2.56. The van der Waals surface area contributed by atoms with E-state index in [1.807, 2.05) is 0 Å². The Labute approximate surface area is 102 Å². The van der Waals surface area contributed by atoms with Gasteiger partial charge in [0, 0.05) is 32.7 Å². The fraction of sp³-hybridized carbons (Fsp3) is 1.00. The van der Waals surface area contributed by atoms with Crippen molar-refractivity contribution in [2.45, 2.75) is 24.4 Å². The van der Waals surface area contributed by atoms with E-state index in [4.69, 9.17) is 15.6 Å². The molecule has 0 radical (unpaired) electrons. The molecule has 0 aromatic carbocycles. The van der Waals surface area contributed by atoms with Gasteiger partial charge >= 0.3 is 0 Å². The molecule has 0 amide bonds. The average molecular weight is 245 g/mol. The molecule has 0 bridgehead atoms. The fourth-order valence-electron chi connectivity index (χ4n) is 2.74. The molecule has 6 nitrogen and oxygen atoms in total. The molecule has 2 saturated heterocycles. The maximum atomic E-state index is 10.2. The highest BCUT2D eigenvalue weighted by molar-refractivity contribution is 4.98. The summed E-state index contributed by atoms with van der Waals surface area (Å²) in [4.78, 5) is 4.50. The second-order valence-corrected chi connectivity index (χ2v) is 4.95. The van der Waals surface area contributed by atoms with E-state index in [1.54, 1.807) is 0 Å². The third kappa shape index (κ3) is 2.62. The fourth-order valence-corrected chi connectivity index (χ4v) is 2.74. The first-order valence-electron chi connectivity index (χ1n) is 6.24. The van der Waals surface area contributed by atoms with E-state index in [2.05, 4.69) is 16.8 Å². The van der Waals surface area contributed by atoms with Gasteiger partial charge in [-0.05, 0) is 7.05 Å². The predicted octanol–water partition coefficient (Wildman–Crippen LogP) is -2.32. The highest BCUT2D eigenvalue weighted by Gasteiger charge is 2.45. The molecule has 0 aromatic rings. The first-order chi connectivity index (χ1) is 8.17. The van der Waals surface area contributed by atoms with Crippen LogP contribution in [0.4, 0.5) is 0 Å². The highest BCUT2D eigenvalue weighted by Crippen LogP contribution is 2.26. The minimum atomic E-state index is -0.642. The maximum Gasteiger partial charge on any atom is 0.109 e. The molecule has 0 saturated carbocycles. The van der Waals surface area contributed by atoms with Crippen LogP contribution in [-0.2, 0) is 4.74 Å². The zero-order chi connectivity index (χ0) is 12.4. The van der Waals surface area contributed by atoms with Crippen LogP contribution in [0.3, 0.4) is 0 Å². The summed E-state index contributed by atoms with van der Waals surface area (Å²) in [5, 5.41) is 19.3. The Morgan fingerprint density at radius 2 is 1.88 bits per heavy atom. The Hall–Kier alpha value is -0.240. The van der Waals surface area contributed by atoms with Crippen molar-refractivity contribution in [1.29, 1.82) is 0 Å². The van der Waals surface area contributed by atoms with Gasteiger partial charge in [-0.2, -0.15) is 0 Å². The Balaban J connectivity index is 2.02. The normalized spacial score (nSPS) is 40.9. The summed E-state index contributed by atoms with van der Waals surface area (Å²) in [7, 11) is 2.09. The Morgan fingerprint density at radius 3 is 2.41 bits per heavy atom. The van der Waals surface area contributed by atoms with E-state index in [0.717, 1.165) is 26.2 Å². The van der Waals surface area contributed by atoms with Crippen molar-refractivity contribution in [3.05, 3.63) is 0 Å². The zero-order valence-corrected chi connectivity index (χ0v) is 10.3. The first-order valence-corrected chi connectivity index (χ1v) is 6.24. The lowest BCUT2D eigenvalue weighted by molar-refractivity contribution is -0.0193. The number of rotatable bonds is 3. The van der Waals surface area contributed by atoms with Crippen molar-refractivity contribution in [2.75, 3.05) is 46.4 Å². The summed E-state index contributed by atoms with van der Waals surface area (Å²) in [5.74, 6) is 0. The second kappa shape index (κ2) is 5.60. The number of hydrogen-bond acceptors (Lipinski definition) is 6. The van der Waals surface area contributed by atoms with Crippen molar-refractivity contribution in [3.8, 4) is 0 Å². The number of likely N-dealkylation sites (N-methyl/N-ethyl adjacent to an activating group) is 1. The van der Waals surface area contributed by atoms with Gasteiger partial charge < -0.3 is 25.6 Å². The molecule has 0 aromatic heterocycles. The van der Waals surface area contributed by atoms with Gasteiger partial charge in [0.05, 0.1) is 18.8 Å². The Bertz CT molecular complexity index is 244. The first kappa shape index (κ1) is 13.2. The summed E-state index contributed by atoms with van der Waals surface area (Å²) < 4.78 is 5.58. The number of nitrogens with zero attached hydrogens (tertiary/aromatic N) is 2. The highest BCUT2D eigenvalue weighted by atomic mass is 16.5. The molecule has 2 aliphatic heterocycles. The number of aliphatic hydroxyl groups excluding tert-OH is 2. The van der Waals surface area contributed by atoms with Gasteiger partial charge in [-0.15, -0.1) is 0 Å². The van der Waals surface area contributed by atoms with Gasteiger partial charge in [-0.1, -0.05) is 0 Å². The summed E-state index contributed by atoms with van der Waals surface area (Å²) in [6.45, 7) is 4.04. The second-order valence-electron chi connectivity index (χ2n) is 4.95. The van der Waals surface area contributed by atoms with Crippen molar-refractivity contribution in [1.82, 2.24) is 9.80 Å². The van der Waals surface area contributed by atoms with Crippen LogP contribution in [0, 0.1) is 0 Å². The quantitative estimate of drug-likeness (QED) is 0.518. The lowest BCUT2D eigenvalue weighted by atomic mass is 10.0. The van der Waals surface area contributed by atoms with E-state index in [0.29, 0.717) is 6.54 Å². The monoisotopic (exact) mass is 245 g/mol. The van der Waals surface area contributed by atoms with E-state index in [-0.39, 0.29) is 18.8 Å². The van der Waals surface area contributed by atoms with Gasteiger partial charge in [0.1, 0.15) is 12.2 Å². The van der Waals surface area contributed by atoms with Crippen LogP contribution in [0.15, 0.2) is 0 Å². The Morgan fingerprint density at radius 1 is 1.24 bits per heavy atom. The summed E-state index contributed by atoms with van der Waals surface area (Å²) in [5.41, 5.74) is 5.68. The minimum Gasteiger partial charge on any atom is -0.394 e. The van der Waals surface area contributed by atoms with Crippen molar-refractivity contribution >= 4 is 0 Å². The zero-order valence-electron chi connectivity index (χ0n) is 10.3. The van der Waals surface area contributed by atoms with Gasteiger partial charge in [0.25, 0.3) is 0 Å². The molecule has 2 aliphatic rings. The lowest BCUT2D eigenvalue weighted by Gasteiger charge is -2.39. The molecular weight excluding hydrogens is 222 g/mol. The molecule has 100 valence electrons. The van der Waals surface area contributed by atoms with Crippen LogP contribution in [-0.4, -0.2) is 90.7 Å². The number of piperazine rings is 1. The molecule has 2 rings (SSSR count). The molecular formula is C11H23N3O3. The molecule has 4 atom stereocenters. The van der Waals surface area contributed by atoms with Crippen LogP contribution >= 0.6 is 0 Å². The summed E-state index contributed by atoms with van der Waals surface area (Å²) in [6.07, 6.45) is -1.31. The largest absolute Gasteiger partial charge is 0.394 e. The maximum absolute atomic E-state index is 10.2. The molecule has 17 heavy (non-hydrogen) atoms. The van der Waals surface area contributed by atoms with Gasteiger partial charge in [0.2, 0.25) is 0 Å². The SMILES string of the molecule is CN1CCN([C@@H]2[C@H](O)[C@H](CO)O[C@@H]2CN)CC1. The van der Waals surface area contributed by atoms with Crippen LogP contribution in [0.25, 0.3) is 0 Å². The topological polar surface area (TPSA) is 82.2 Å². The van der Waals surface area contributed by atoms with E-state index in [1.165, 1.54) is 0 Å². The Kier molecular flexibility index (Phi) is 4.35. The van der Waals surface area contributed by atoms with Gasteiger partial charge in [0.15, 0.2) is 0 Å². The molecule has 2 fully saturated rings. The third-order valence-corrected chi connectivity index (χ3v) is 3.83. The van der Waals surface area contributed by atoms with Crippen LogP contribution in [0.5, 0.6) is 0 Å². The predicted molar refractivity (Wildman–Crippen MR) is 63.7 cm³/mol. The molecule has 0 spiro atoms. The van der Waals surface area contributed by atoms with Crippen molar-refractivity contribution in [3.63, 3.8) is 0 Å². The molecule has 6 heteroatoms. The van der Waals surface area contributed by atoms with Crippen LogP contribution in [0.2, 0.25) is 0 Å². The third-order valence-electron chi connectivity index (χ3n) is 3.83. The average Bonchev–Trinajstić information content (AvgIpc) is 2.67. The summed E-state index contributed by atoms with van der Waals surface area (Å²) in [6, 6.07) is -0.0779. The summed E-state index contributed by atoms with van der Waals surface area (Å²) >= 11 is 0. The van der Waals surface area contributed by atoms with Crippen LogP contribution in [0.1, 0.15) is 0 Å². The number of ether oxygens (including phenoxy) is 1. The molecule has 0 aliphatic carbocycles. The van der Waals surface area contributed by atoms with Crippen molar-refractivity contribution in [2.24, 2.45) is 5.73 Å². The minimum absolute atomic E-state index is 0.0779. The van der Waals surface area contributed by atoms with E-state index >= 15 is 0 Å². The van der Waals surface area contributed by atoms with Crippen LogP contribution < -0.4 is 5.73 Å². The van der Waals surface area contributed by atoms with E-state index in [9.17, 15) is 5.11 Å².